The van der Waals surface area contributed by atoms with E-state index < -0.39 is 51.7 Å². The molecule has 178 valence electrons. The molecule has 4 rings (SSSR count). The van der Waals surface area contributed by atoms with E-state index in [-0.39, 0.29) is 36.7 Å². The number of alkyl halides is 2. The van der Waals surface area contributed by atoms with Crippen LogP contribution < -0.4 is 4.72 Å². The zero-order chi connectivity index (χ0) is 24.0. The van der Waals surface area contributed by atoms with Crippen LogP contribution in [0.1, 0.15) is 17.8 Å². The first-order chi connectivity index (χ1) is 15.5. The maximum atomic E-state index is 14.5. The molecule has 8 nitrogen and oxygen atoms in total. The zero-order valence-corrected chi connectivity index (χ0v) is 18.5. The van der Waals surface area contributed by atoms with Crippen LogP contribution in [-0.2, 0) is 20.5 Å². The van der Waals surface area contributed by atoms with Crippen LogP contribution in [0.2, 0.25) is 0 Å². The molecule has 3 atom stereocenters. The normalized spacial score (nSPS) is 25.3. The molecule has 0 bridgehead atoms. The fourth-order valence-corrected chi connectivity index (χ4v) is 4.73. The first-order valence-corrected chi connectivity index (χ1v) is 11.9. The van der Waals surface area contributed by atoms with Crippen molar-refractivity contribution in [3.8, 4) is 11.3 Å². The van der Waals surface area contributed by atoms with Crippen LogP contribution in [0.15, 0.2) is 29.6 Å². The molecule has 13 heteroatoms. The van der Waals surface area contributed by atoms with E-state index in [9.17, 15) is 26.0 Å². The fraction of sp³-hybridized carbons (Fsp3) is 0.450. The Morgan fingerprint density at radius 3 is 2.61 bits per heavy atom. The number of likely N-dealkylation sites (tertiary alicyclic amines) is 1. The molecule has 1 N–H and O–H groups in total. The van der Waals surface area contributed by atoms with Crippen LogP contribution in [0, 0.1) is 18.6 Å². The molecule has 0 saturated carbocycles. The van der Waals surface area contributed by atoms with Crippen molar-refractivity contribution >= 4 is 15.9 Å². The van der Waals surface area contributed by atoms with E-state index in [4.69, 9.17) is 4.84 Å². The van der Waals surface area contributed by atoms with E-state index in [1.807, 2.05) is 0 Å². The van der Waals surface area contributed by atoms with E-state index in [1.165, 1.54) is 17.2 Å². The highest BCUT2D eigenvalue weighted by atomic mass is 32.2. The molecule has 0 amide bonds. The summed E-state index contributed by atoms with van der Waals surface area (Å²) in [5.74, 6) is -1.65. The summed E-state index contributed by atoms with van der Waals surface area (Å²) in [5.41, 5.74) is -2.34. The Kier molecular flexibility index (Phi) is 6.03. The summed E-state index contributed by atoms with van der Waals surface area (Å²) in [6.45, 7) is 0.178. The predicted molar refractivity (Wildman–Crippen MR) is 111 cm³/mol. The molecule has 2 aromatic rings. The predicted octanol–water partition coefficient (Wildman–Crippen LogP) is 2.20. The van der Waals surface area contributed by atoms with Crippen molar-refractivity contribution in [1.29, 1.82) is 0 Å². The number of nitrogens with one attached hydrogen (secondary N) is 1. The number of rotatable bonds is 5. The monoisotopic (exact) mass is 487 g/mol. The van der Waals surface area contributed by atoms with Crippen LogP contribution in [0.25, 0.3) is 11.3 Å². The third-order valence-electron chi connectivity index (χ3n) is 5.49. The summed E-state index contributed by atoms with van der Waals surface area (Å²) in [6, 6.07) is 2.28. The summed E-state index contributed by atoms with van der Waals surface area (Å²) in [6.07, 6.45) is 0.495. The van der Waals surface area contributed by atoms with E-state index >= 15 is 0 Å². The van der Waals surface area contributed by atoms with Crippen LogP contribution in [0.3, 0.4) is 0 Å². The molecule has 1 saturated heterocycles. The number of amidine groups is 1. The number of hydrogen-bond acceptors (Lipinski definition) is 7. The second-order valence-corrected chi connectivity index (χ2v) is 9.91. The Morgan fingerprint density at radius 1 is 1.27 bits per heavy atom. The second kappa shape index (κ2) is 8.52. The highest BCUT2D eigenvalue weighted by molar-refractivity contribution is 7.88. The zero-order valence-electron chi connectivity index (χ0n) is 17.7. The summed E-state index contributed by atoms with van der Waals surface area (Å²) in [5, 5.41) is 3.89. The number of sulfonamides is 1. The van der Waals surface area contributed by atoms with Gasteiger partial charge in [-0.1, -0.05) is 11.2 Å². The number of halogens is 4. The first kappa shape index (κ1) is 23.4. The molecule has 1 aromatic heterocycles. The molecule has 33 heavy (non-hydrogen) atoms. The Morgan fingerprint density at radius 2 is 1.97 bits per heavy atom. The van der Waals surface area contributed by atoms with Crippen molar-refractivity contribution in [2.75, 3.05) is 26.0 Å². The largest absolute Gasteiger partial charge is 0.378 e. The number of aryl methyl sites for hydroxylation is 1. The SMILES string of the molecule is Cc1cnc(C2(CF)CC(N3C[C@H](F)[C@H](NS(C)(=O)=O)C3)=NO2)c(-c2c(F)cccc2F)n1. The summed E-state index contributed by atoms with van der Waals surface area (Å²) in [4.78, 5) is 15.2. The summed E-state index contributed by atoms with van der Waals surface area (Å²) >= 11 is 0. The maximum Gasteiger partial charge on any atom is 0.216 e. The second-order valence-electron chi connectivity index (χ2n) is 8.13. The van der Waals surface area contributed by atoms with Crippen molar-refractivity contribution in [3.63, 3.8) is 0 Å². The van der Waals surface area contributed by atoms with Gasteiger partial charge in [0.25, 0.3) is 0 Å². The number of oxime groups is 1. The van der Waals surface area contributed by atoms with Gasteiger partial charge in [0.1, 0.15) is 41.7 Å². The van der Waals surface area contributed by atoms with Gasteiger partial charge in [-0.05, 0) is 19.1 Å². The third kappa shape index (κ3) is 4.51. The average molecular weight is 487 g/mol. The van der Waals surface area contributed by atoms with E-state index in [0.717, 1.165) is 18.4 Å². The molecule has 0 radical (unpaired) electrons. The molecule has 1 unspecified atom stereocenters. The Hall–Kier alpha value is -2.80. The lowest BCUT2D eigenvalue weighted by Crippen LogP contribution is -2.41. The molecule has 2 aliphatic rings. The molecule has 1 aromatic carbocycles. The quantitative estimate of drug-likeness (QED) is 0.650. The van der Waals surface area contributed by atoms with Gasteiger partial charge in [0, 0.05) is 12.7 Å². The van der Waals surface area contributed by atoms with Crippen LogP contribution in [0.5, 0.6) is 0 Å². The summed E-state index contributed by atoms with van der Waals surface area (Å²) < 4.78 is 83.1. The number of aromatic nitrogens is 2. The Balaban J connectivity index is 1.66. The minimum absolute atomic E-state index is 0.0484. The van der Waals surface area contributed by atoms with Gasteiger partial charge in [0.15, 0.2) is 0 Å². The highest BCUT2D eigenvalue weighted by Crippen LogP contribution is 2.41. The maximum absolute atomic E-state index is 14.5. The van der Waals surface area contributed by atoms with Crippen LogP contribution >= 0.6 is 0 Å². The Labute approximate surface area is 187 Å². The molecule has 0 spiro atoms. The molecule has 2 aliphatic heterocycles. The molecule has 1 fully saturated rings. The lowest BCUT2D eigenvalue weighted by atomic mass is 9.91. The van der Waals surface area contributed by atoms with Crippen molar-refractivity contribution < 1.29 is 30.8 Å². The van der Waals surface area contributed by atoms with Gasteiger partial charge in [0.05, 0.1) is 36.5 Å². The van der Waals surface area contributed by atoms with Gasteiger partial charge in [0.2, 0.25) is 15.6 Å². The van der Waals surface area contributed by atoms with Crippen molar-refractivity contribution in [2.24, 2.45) is 5.16 Å². The van der Waals surface area contributed by atoms with Gasteiger partial charge < -0.3 is 9.74 Å². The summed E-state index contributed by atoms with van der Waals surface area (Å²) in [7, 11) is -3.64. The molecular weight excluding hydrogens is 466 g/mol. The number of hydrogen-bond donors (Lipinski definition) is 1. The molecule has 3 heterocycles. The van der Waals surface area contributed by atoms with Crippen molar-refractivity contribution in [2.45, 2.75) is 31.2 Å². The van der Waals surface area contributed by atoms with Gasteiger partial charge >= 0.3 is 0 Å². The smallest absolute Gasteiger partial charge is 0.216 e. The van der Waals surface area contributed by atoms with Crippen LogP contribution in [0.4, 0.5) is 17.6 Å². The van der Waals surface area contributed by atoms with E-state index in [2.05, 4.69) is 19.8 Å². The topological polar surface area (TPSA) is 96.8 Å². The van der Waals surface area contributed by atoms with Crippen LogP contribution in [-0.4, -0.2) is 67.4 Å². The average Bonchev–Trinajstić information content (AvgIpc) is 3.32. The van der Waals surface area contributed by atoms with Gasteiger partial charge in [-0.15, -0.1) is 0 Å². The first-order valence-electron chi connectivity index (χ1n) is 9.99. The van der Waals surface area contributed by atoms with Gasteiger partial charge in [-0.2, -0.15) is 0 Å². The van der Waals surface area contributed by atoms with E-state index in [1.54, 1.807) is 6.92 Å². The Bertz CT molecular complexity index is 1190. The standard InChI is InChI=1S/C20H21F4N5O3S/c1-11-7-25-19(18(26-11)17-12(22)4-3-5-13(17)23)20(10-21)6-16(27-32-20)29-8-14(24)15(9-29)28-33(2,30)31/h3-5,7,14-15,28H,6,8-10H2,1-2H3/t14-,15+,20?/m0/s1. The van der Waals surface area contributed by atoms with Crippen molar-refractivity contribution in [3.05, 3.63) is 47.4 Å². The van der Waals surface area contributed by atoms with Gasteiger partial charge in [-0.3, -0.25) is 4.98 Å². The highest BCUT2D eigenvalue weighted by Gasteiger charge is 2.49. The van der Waals surface area contributed by atoms with Gasteiger partial charge in [-0.25, -0.2) is 35.7 Å². The third-order valence-corrected chi connectivity index (χ3v) is 6.22. The minimum Gasteiger partial charge on any atom is -0.378 e. The number of benzene rings is 1. The minimum atomic E-state index is -3.64. The molecular formula is C20H21F4N5O3S. The van der Waals surface area contributed by atoms with Crippen molar-refractivity contribution in [1.82, 2.24) is 19.6 Å². The lowest BCUT2D eigenvalue weighted by Gasteiger charge is -2.25. The molecule has 0 aliphatic carbocycles. The van der Waals surface area contributed by atoms with E-state index in [0.29, 0.717) is 5.69 Å². The number of nitrogens with zero attached hydrogens (tertiary/aromatic N) is 4. The fourth-order valence-electron chi connectivity index (χ4n) is 3.96. The lowest BCUT2D eigenvalue weighted by molar-refractivity contribution is -0.0437.